The molecule has 0 radical (unpaired) electrons. The first kappa shape index (κ1) is 27.6. The van der Waals surface area contributed by atoms with E-state index in [1.165, 1.54) is 0 Å². The van der Waals surface area contributed by atoms with Gasteiger partial charge < -0.3 is 24.4 Å². The van der Waals surface area contributed by atoms with E-state index in [0.717, 1.165) is 21.8 Å². The maximum absolute atomic E-state index is 13.2. The molecule has 2 aromatic rings. The minimum absolute atomic E-state index is 0.114. The Morgan fingerprint density at radius 2 is 1.69 bits per heavy atom. The molecule has 2 amide bonds. The van der Waals surface area contributed by atoms with Gasteiger partial charge in [0.15, 0.2) is 0 Å². The summed E-state index contributed by atoms with van der Waals surface area (Å²) in [7, 11) is 1.61. The lowest BCUT2D eigenvalue weighted by Gasteiger charge is -2.32. The average molecular weight is 500 g/mol. The Balaban J connectivity index is 1.53. The molecule has 0 saturated carbocycles. The fraction of sp³-hybridized carbons (Fsp3) is 0.500. The summed E-state index contributed by atoms with van der Waals surface area (Å²) in [6.45, 7) is 5.89. The molecule has 0 aliphatic carbocycles. The van der Waals surface area contributed by atoms with Gasteiger partial charge in [-0.25, -0.2) is 9.69 Å². The minimum atomic E-state index is -1.15. The van der Waals surface area contributed by atoms with Crippen molar-refractivity contribution in [1.82, 2.24) is 4.90 Å². The van der Waals surface area contributed by atoms with E-state index in [-0.39, 0.29) is 19.1 Å². The number of nitrogens with zero attached hydrogens (tertiary/aromatic N) is 1. The van der Waals surface area contributed by atoms with Crippen LogP contribution >= 0.6 is 0 Å². The molecule has 1 aliphatic heterocycles. The van der Waals surface area contributed by atoms with Crippen molar-refractivity contribution in [3.8, 4) is 5.75 Å². The molecule has 1 fully saturated rings. The van der Waals surface area contributed by atoms with E-state index in [1.807, 2.05) is 61.5 Å². The molecular formula is C28H37NO7. The van der Waals surface area contributed by atoms with E-state index in [2.05, 4.69) is 0 Å². The Bertz CT molecular complexity index is 981. The lowest BCUT2D eigenvalue weighted by atomic mass is 9.84. The molecule has 3 rings (SSSR count). The van der Waals surface area contributed by atoms with Gasteiger partial charge in [0.25, 0.3) is 0 Å². The largest absolute Gasteiger partial charge is 0.497 e. The number of hydrogen-bond acceptors (Lipinski definition) is 7. The van der Waals surface area contributed by atoms with Crippen LogP contribution in [0.3, 0.4) is 0 Å². The Hall–Kier alpha value is -2.94. The van der Waals surface area contributed by atoms with Crippen LogP contribution in [0, 0.1) is 17.8 Å². The number of carbonyl (C=O) groups is 2. The molecule has 1 saturated heterocycles. The van der Waals surface area contributed by atoms with Crippen LogP contribution in [0.2, 0.25) is 0 Å². The van der Waals surface area contributed by atoms with Gasteiger partial charge in [-0.05, 0) is 29.7 Å². The van der Waals surface area contributed by atoms with Gasteiger partial charge in [-0.2, -0.15) is 0 Å². The molecule has 196 valence electrons. The number of hydrogen-bond donors (Lipinski definition) is 2. The monoisotopic (exact) mass is 499 g/mol. The van der Waals surface area contributed by atoms with Gasteiger partial charge in [-0.1, -0.05) is 63.2 Å². The summed E-state index contributed by atoms with van der Waals surface area (Å²) in [5, 5.41) is 21.8. The van der Waals surface area contributed by atoms with Gasteiger partial charge in [0.2, 0.25) is 5.91 Å². The predicted octanol–water partition coefficient (Wildman–Crippen LogP) is 3.43. The quantitative estimate of drug-likeness (QED) is 0.461. The highest BCUT2D eigenvalue weighted by Crippen LogP contribution is 2.26. The first-order valence-electron chi connectivity index (χ1n) is 12.3. The average Bonchev–Trinajstić information content (AvgIpc) is 3.26. The standard InChI is InChI=1S/C28H37NO7/c1-18(15-35-16-22-10-12-24(34-4)13-11-22)25(30)19(2)26(31)20(3)27(32)29-23(17-36-28(29)33)14-21-8-6-5-7-9-21/h5-13,18-20,23,25-26,30-31H,14-17H2,1-4H3/t18-,19+,20-,23-,25-,26-/m1/s1. The van der Waals surface area contributed by atoms with Crippen molar-refractivity contribution in [1.29, 1.82) is 0 Å². The van der Waals surface area contributed by atoms with E-state index in [9.17, 15) is 19.8 Å². The Morgan fingerprint density at radius 1 is 1.03 bits per heavy atom. The van der Waals surface area contributed by atoms with Crippen molar-refractivity contribution in [3.05, 3.63) is 65.7 Å². The Morgan fingerprint density at radius 3 is 2.33 bits per heavy atom. The second kappa shape index (κ2) is 12.9. The molecule has 1 aliphatic rings. The van der Waals surface area contributed by atoms with Crippen molar-refractivity contribution < 1.29 is 34.0 Å². The van der Waals surface area contributed by atoms with Gasteiger partial charge in [0.05, 0.1) is 44.5 Å². The summed E-state index contributed by atoms with van der Waals surface area (Å²) in [4.78, 5) is 26.7. The molecule has 1 heterocycles. The summed E-state index contributed by atoms with van der Waals surface area (Å²) < 4.78 is 16.1. The summed E-state index contributed by atoms with van der Waals surface area (Å²) in [6, 6.07) is 16.7. The third-order valence-electron chi connectivity index (χ3n) is 6.88. The van der Waals surface area contributed by atoms with E-state index in [4.69, 9.17) is 14.2 Å². The highest BCUT2D eigenvalue weighted by atomic mass is 16.6. The van der Waals surface area contributed by atoms with Crippen LogP contribution in [0.1, 0.15) is 31.9 Å². The van der Waals surface area contributed by atoms with Gasteiger partial charge in [-0.15, -0.1) is 0 Å². The highest BCUT2D eigenvalue weighted by molar-refractivity contribution is 5.95. The number of aliphatic hydroxyl groups is 2. The molecular weight excluding hydrogens is 462 g/mol. The summed E-state index contributed by atoms with van der Waals surface area (Å²) in [5.41, 5.74) is 1.96. The fourth-order valence-electron chi connectivity index (χ4n) is 4.49. The van der Waals surface area contributed by atoms with E-state index < -0.39 is 42.1 Å². The Labute approximate surface area is 212 Å². The number of carbonyl (C=O) groups excluding carboxylic acids is 2. The number of aliphatic hydroxyl groups excluding tert-OH is 2. The van der Waals surface area contributed by atoms with Crippen LogP contribution in [0.15, 0.2) is 54.6 Å². The van der Waals surface area contributed by atoms with Crippen LogP contribution in [0.4, 0.5) is 4.79 Å². The molecule has 2 N–H and O–H groups in total. The first-order valence-corrected chi connectivity index (χ1v) is 12.3. The van der Waals surface area contributed by atoms with Crippen molar-refractivity contribution in [3.63, 3.8) is 0 Å². The van der Waals surface area contributed by atoms with Crippen molar-refractivity contribution in [2.75, 3.05) is 20.3 Å². The van der Waals surface area contributed by atoms with Gasteiger partial charge >= 0.3 is 6.09 Å². The zero-order valence-electron chi connectivity index (χ0n) is 21.4. The zero-order valence-corrected chi connectivity index (χ0v) is 21.4. The lowest BCUT2D eigenvalue weighted by Crippen LogP contribution is -2.48. The van der Waals surface area contributed by atoms with E-state index in [0.29, 0.717) is 13.0 Å². The highest BCUT2D eigenvalue weighted by Gasteiger charge is 2.43. The molecule has 8 nitrogen and oxygen atoms in total. The van der Waals surface area contributed by atoms with Crippen molar-refractivity contribution >= 4 is 12.0 Å². The van der Waals surface area contributed by atoms with Crippen LogP contribution < -0.4 is 4.74 Å². The second-order valence-corrected chi connectivity index (χ2v) is 9.60. The van der Waals surface area contributed by atoms with Gasteiger partial charge in [0, 0.05) is 11.8 Å². The van der Waals surface area contributed by atoms with E-state index in [1.54, 1.807) is 21.0 Å². The maximum Gasteiger partial charge on any atom is 0.416 e. The van der Waals surface area contributed by atoms with Gasteiger partial charge in [0.1, 0.15) is 12.4 Å². The number of cyclic esters (lactones) is 1. The number of rotatable bonds is 12. The molecule has 0 aromatic heterocycles. The van der Waals surface area contributed by atoms with E-state index >= 15 is 0 Å². The predicted molar refractivity (Wildman–Crippen MR) is 134 cm³/mol. The lowest BCUT2D eigenvalue weighted by molar-refractivity contribution is -0.139. The van der Waals surface area contributed by atoms with Crippen LogP contribution in [-0.2, 0) is 27.3 Å². The number of methoxy groups -OCH3 is 1. The topological polar surface area (TPSA) is 106 Å². The number of ether oxygens (including phenoxy) is 3. The van der Waals surface area contributed by atoms with Crippen LogP contribution in [0.5, 0.6) is 5.75 Å². The zero-order chi connectivity index (χ0) is 26.2. The fourth-order valence-corrected chi connectivity index (χ4v) is 4.49. The van der Waals surface area contributed by atoms with Crippen LogP contribution in [-0.4, -0.2) is 65.7 Å². The number of imide groups is 1. The Kier molecular flexibility index (Phi) is 9.87. The van der Waals surface area contributed by atoms with Crippen molar-refractivity contribution in [2.24, 2.45) is 17.8 Å². The molecule has 8 heteroatoms. The molecule has 36 heavy (non-hydrogen) atoms. The third kappa shape index (κ3) is 6.84. The van der Waals surface area contributed by atoms with Gasteiger partial charge in [-0.3, -0.25) is 4.79 Å². The summed E-state index contributed by atoms with van der Waals surface area (Å²) >= 11 is 0. The number of amides is 2. The smallest absolute Gasteiger partial charge is 0.416 e. The first-order chi connectivity index (χ1) is 17.2. The maximum atomic E-state index is 13.2. The summed E-state index contributed by atoms with van der Waals surface area (Å²) in [6.07, 6.45) is -2.28. The molecule has 6 atom stereocenters. The second-order valence-electron chi connectivity index (χ2n) is 9.60. The molecule has 0 spiro atoms. The SMILES string of the molecule is COc1ccc(COC[C@@H](C)[C@@H](O)[C@H](C)[C@@H](O)[C@@H](C)C(=O)N2C(=O)OC[C@H]2Cc2ccccc2)cc1. The van der Waals surface area contributed by atoms with Crippen LogP contribution in [0.25, 0.3) is 0 Å². The van der Waals surface area contributed by atoms with Crippen molar-refractivity contribution in [2.45, 2.75) is 52.0 Å². The molecule has 0 bridgehead atoms. The molecule has 0 unspecified atom stereocenters. The number of benzene rings is 2. The molecule has 2 aromatic carbocycles. The third-order valence-corrected chi connectivity index (χ3v) is 6.88. The normalized spacial score (nSPS) is 19.8. The minimum Gasteiger partial charge on any atom is -0.497 e. The summed E-state index contributed by atoms with van der Waals surface area (Å²) in [5.74, 6) is -1.53.